The molecule has 2 aliphatic rings. The molecule has 0 fully saturated rings. The van der Waals surface area contributed by atoms with Crippen molar-refractivity contribution in [2.45, 2.75) is 25.5 Å². The van der Waals surface area contributed by atoms with Crippen molar-refractivity contribution in [2.75, 3.05) is 13.1 Å². The zero-order chi connectivity index (χ0) is 17.4. The summed E-state index contributed by atoms with van der Waals surface area (Å²) >= 11 is 5.91. The standard InChI is InChI=1S/C17H17ClN4O3/c18-11-3-1-10(2-4-11)14-7-12(25-21-14)8-22-6-5-13-15(9-22)19-17(24)20-16(13)23/h1-4,12H,5-9H2,(H2,19,20,23,24). The number of aromatic nitrogens is 2. The van der Waals surface area contributed by atoms with Crippen molar-refractivity contribution in [3.05, 3.63) is 66.9 Å². The Morgan fingerprint density at radius 3 is 2.84 bits per heavy atom. The van der Waals surface area contributed by atoms with Gasteiger partial charge in [-0.15, -0.1) is 0 Å². The first-order valence-corrected chi connectivity index (χ1v) is 8.51. The molecule has 0 radical (unpaired) electrons. The summed E-state index contributed by atoms with van der Waals surface area (Å²) in [7, 11) is 0. The molecule has 2 N–H and O–H groups in total. The van der Waals surface area contributed by atoms with Crippen molar-refractivity contribution in [1.82, 2.24) is 14.9 Å². The Balaban J connectivity index is 1.40. The molecule has 1 aromatic heterocycles. The van der Waals surface area contributed by atoms with Crippen LogP contribution in [0.5, 0.6) is 0 Å². The number of nitrogens with one attached hydrogen (secondary N) is 2. The molecule has 130 valence electrons. The monoisotopic (exact) mass is 360 g/mol. The van der Waals surface area contributed by atoms with Crippen molar-refractivity contribution >= 4 is 17.3 Å². The highest BCUT2D eigenvalue weighted by atomic mass is 35.5. The average molecular weight is 361 g/mol. The Kier molecular flexibility index (Phi) is 4.19. The van der Waals surface area contributed by atoms with Crippen molar-refractivity contribution < 1.29 is 4.84 Å². The van der Waals surface area contributed by atoms with Crippen LogP contribution in [0.15, 0.2) is 39.0 Å². The van der Waals surface area contributed by atoms with Crippen LogP contribution in [0.2, 0.25) is 5.02 Å². The minimum absolute atomic E-state index is 0.0408. The third kappa shape index (κ3) is 3.38. The molecule has 3 heterocycles. The second-order valence-corrected chi connectivity index (χ2v) is 6.76. The molecule has 8 heteroatoms. The Hall–Kier alpha value is -2.38. The minimum atomic E-state index is -0.462. The topological polar surface area (TPSA) is 90.5 Å². The van der Waals surface area contributed by atoms with Crippen LogP contribution in [-0.4, -0.2) is 39.8 Å². The molecule has 2 aliphatic heterocycles. The number of hydrogen-bond acceptors (Lipinski definition) is 5. The van der Waals surface area contributed by atoms with Gasteiger partial charge in [0.2, 0.25) is 0 Å². The van der Waals surface area contributed by atoms with Gasteiger partial charge in [0.15, 0.2) is 0 Å². The quantitative estimate of drug-likeness (QED) is 0.862. The molecule has 25 heavy (non-hydrogen) atoms. The maximum Gasteiger partial charge on any atom is 0.325 e. The number of nitrogens with zero attached hydrogens (tertiary/aromatic N) is 2. The van der Waals surface area contributed by atoms with Crippen LogP contribution in [0.4, 0.5) is 0 Å². The van der Waals surface area contributed by atoms with Crippen LogP contribution in [0.25, 0.3) is 0 Å². The molecule has 4 rings (SSSR count). The van der Waals surface area contributed by atoms with E-state index in [2.05, 4.69) is 20.0 Å². The first kappa shape index (κ1) is 16.1. The fourth-order valence-corrected chi connectivity index (χ4v) is 3.44. The molecule has 1 aromatic carbocycles. The third-order valence-electron chi connectivity index (χ3n) is 4.56. The fourth-order valence-electron chi connectivity index (χ4n) is 3.31. The Morgan fingerprint density at radius 2 is 2.04 bits per heavy atom. The van der Waals surface area contributed by atoms with Crippen LogP contribution in [-0.2, 0) is 17.8 Å². The van der Waals surface area contributed by atoms with E-state index in [1.807, 2.05) is 24.3 Å². The van der Waals surface area contributed by atoms with E-state index in [4.69, 9.17) is 16.4 Å². The lowest BCUT2D eigenvalue weighted by Gasteiger charge is -2.28. The van der Waals surface area contributed by atoms with E-state index in [1.165, 1.54) is 0 Å². The van der Waals surface area contributed by atoms with Gasteiger partial charge in [0.1, 0.15) is 6.10 Å². The molecule has 0 aliphatic carbocycles. The molecule has 1 unspecified atom stereocenters. The van der Waals surface area contributed by atoms with Gasteiger partial charge < -0.3 is 9.82 Å². The number of hydrogen-bond donors (Lipinski definition) is 2. The summed E-state index contributed by atoms with van der Waals surface area (Å²) in [6, 6.07) is 7.53. The highest BCUT2D eigenvalue weighted by Gasteiger charge is 2.27. The van der Waals surface area contributed by atoms with Gasteiger partial charge in [0.25, 0.3) is 5.56 Å². The van der Waals surface area contributed by atoms with Crippen LogP contribution in [0.3, 0.4) is 0 Å². The van der Waals surface area contributed by atoms with Gasteiger partial charge >= 0.3 is 5.69 Å². The molecular formula is C17H17ClN4O3. The van der Waals surface area contributed by atoms with Gasteiger partial charge in [0, 0.05) is 42.3 Å². The molecule has 1 atom stereocenters. The third-order valence-corrected chi connectivity index (χ3v) is 4.81. The van der Waals surface area contributed by atoms with E-state index in [-0.39, 0.29) is 11.7 Å². The number of H-pyrrole nitrogens is 2. The van der Waals surface area contributed by atoms with Crippen molar-refractivity contribution in [3.8, 4) is 0 Å². The number of rotatable bonds is 3. The van der Waals surface area contributed by atoms with Crippen molar-refractivity contribution in [1.29, 1.82) is 0 Å². The van der Waals surface area contributed by atoms with E-state index >= 15 is 0 Å². The van der Waals surface area contributed by atoms with E-state index in [0.717, 1.165) is 24.2 Å². The summed E-state index contributed by atoms with van der Waals surface area (Å²) in [4.78, 5) is 36.0. The summed E-state index contributed by atoms with van der Waals surface area (Å²) in [6.45, 7) is 1.97. The lowest BCUT2D eigenvalue weighted by molar-refractivity contribution is 0.0482. The highest BCUT2D eigenvalue weighted by Crippen LogP contribution is 2.21. The lowest BCUT2D eigenvalue weighted by atomic mass is 10.0. The van der Waals surface area contributed by atoms with Gasteiger partial charge in [-0.05, 0) is 24.1 Å². The van der Waals surface area contributed by atoms with Crippen LogP contribution < -0.4 is 11.2 Å². The molecule has 0 saturated heterocycles. The summed E-state index contributed by atoms with van der Waals surface area (Å²) < 4.78 is 0. The van der Waals surface area contributed by atoms with E-state index in [0.29, 0.717) is 35.8 Å². The first-order chi connectivity index (χ1) is 12.1. The molecule has 7 nitrogen and oxygen atoms in total. The number of fused-ring (bicyclic) bond motifs is 1. The Labute approximate surface area is 148 Å². The Bertz CT molecular complexity index is 932. The van der Waals surface area contributed by atoms with Gasteiger partial charge in [-0.1, -0.05) is 28.9 Å². The molecule has 0 saturated carbocycles. The fraction of sp³-hybridized carbons (Fsp3) is 0.353. The number of halogens is 1. The number of benzene rings is 1. The lowest BCUT2D eigenvalue weighted by Crippen LogP contribution is -2.41. The first-order valence-electron chi connectivity index (χ1n) is 8.14. The molecular weight excluding hydrogens is 344 g/mol. The minimum Gasteiger partial charge on any atom is -0.390 e. The maximum absolute atomic E-state index is 11.8. The summed E-state index contributed by atoms with van der Waals surface area (Å²) in [5, 5.41) is 4.88. The number of oxime groups is 1. The van der Waals surface area contributed by atoms with Crippen molar-refractivity contribution in [2.24, 2.45) is 5.16 Å². The van der Waals surface area contributed by atoms with Crippen LogP contribution >= 0.6 is 11.6 Å². The largest absolute Gasteiger partial charge is 0.390 e. The predicted molar refractivity (Wildman–Crippen MR) is 94.1 cm³/mol. The summed E-state index contributed by atoms with van der Waals surface area (Å²) in [5.74, 6) is 0. The normalized spacial score (nSPS) is 20.0. The zero-order valence-corrected chi connectivity index (χ0v) is 14.2. The Morgan fingerprint density at radius 1 is 1.24 bits per heavy atom. The van der Waals surface area contributed by atoms with Crippen LogP contribution in [0, 0.1) is 0 Å². The van der Waals surface area contributed by atoms with Crippen LogP contribution in [0.1, 0.15) is 23.2 Å². The molecule has 2 aromatic rings. The molecule has 0 bridgehead atoms. The van der Waals surface area contributed by atoms with Gasteiger partial charge in [-0.3, -0.25) is 14.7 Å². The second-order valence-electron chi connectivity index (χ2n) is 6.33. The van der Waals surface area contributed by atoms with E-state index in [9.17, 15) is 9.59 Å². The van der Waals surface area contributed by atoms with Gasteiger partial charge in [-0.25, -0.2) is 4.79 Å². The highest BCUT2D eigenvalue weighted by molar-refractivity contribution is 6.30. The summed E-state index contributed by atoms with van der Waals surface area (Å²) in [6.07, 6.45) is 1.29. The average Bonchev–Trinajstić information content (AvgIpc) is 3.03. The van der Waals surface area contributed by atoms with Gasteiger partial charge in [0.05, 0.1) is 5.71 Å². The summed E-state index contributed by atoms with van der Waals surface area (Å²) in [5.41, 5.74) is 2.52. The van der Waals surface area contributed by atoms with Crippen molar-refractivity contribution in [3.63, 3.8) is 0 Å². The zero-order valence-electron chi connectivity index (χ0n) is 13.4. The van der Waals surface area contributed by atoms with Gasteiger partial charge in [-0.2, -0.15) is 0 Å². The smallest absolute Gasteiger partial charge is 0.325 e. The number of aromatic amines is 2. The molecule has 0 amide bonds. The predicted octanol–water partition coefficient (Wildman–Crippen LogP) is 1.27. The van der Waals surface area contributed by atoms with E-state index < -0.39 is 5.69 Å². The molecule has 0 spiro atoms. The van der Waals surface area contributed by atoms with E-state index in [1.54, 1.807) is 0 Å². The second kappa shape index (κ2) is 6.50. The SMILES string of the molecule is O=c1[nH]c2c(c(=O)[nH]1)CCN(CC1CC(c3ccc(Cl)cc3)=NO1)C2. The maximum atomic E-state index is 11.8.